The molecule has 6 rings (SSSR count). The molecule has 4 fully saturated rings. The first-order valence-electron chi connectivity index (χ1n) is 19.3. The molecular formula is C38H55FN5O8S+. The number of hydrogen-bond acceptors (Lipinski definition) is 8. The Morgan fingerprint density at radius 1 is 0.981 bits per heavy atom. The standard InChI is InChI=1S/C38H54FN5O8S/c1-38(2,3)52-37(48)41-30(23-39)25-11-13-26(14-12-25)36(47)44(20-17-29(33(44)34(40)45)24-9-5-4-6-10-24)28-15-16-31-27(21-28)22-32(51-31)35(46)42-53(49,50)43-18-7-8-19-43/h15-16,21-22,24-26,29-30,33H,4-14,17-20,23H2,1-3H3,(H3-,40,41,42,45,46,48)/p+1/t25-,26-,29-,30+,33-,44?/m0/s1. The van der Waals surface area contributed by atoms with E-state index in [0.29, 0.717) is 68.4 Å². The molecule has 13 nitrogen and oxygen atoms in total. The average Bonchev–Trinajstić information content (AvgIpc) is 3.89. The lowest BCUT2D eigenvalue weighted by atomic mass is 9.75. The van der Waals surface area contributed by atoms with Crippen LogP contribution in [0.1, 0.15) is 108 Å². The number of carbonyl (C=O) groups is 4. The van der Waals surface area contributed by atoms with Gasteiger partial charge in [-0.2, -0.15) is 12.7 Å². The first-order valence-corrected chi connectivity index (χ1v) is 20.7. The Balaban J connectivity index is 1.29. The number of amides is 4. The van der Waals surface area contributed by atoms with Gasteiger partial charge in [0.15, 0.2) is 11.8 Å². The van der Waals surface area contributed by atoms with Gasteiger partial charge in [0.25, 0.3) is 5.91 Å². The molecule has 4 aliphatic rings. The molecule has 2 aliphatic carbocycles. The molecule has 1 unspecified atom stereocenters. The quantitative estimate of drug-likeness (QED) is 0.267. The van der Waals surface area contributed by atoms with Gasteiger partial charge in [-0.1, -0.05) is 19.3 Å². The van der Waals surface area contributed by atoms with Crippen LogP contribution in [0.4, 0.5) is 14.9 Å². The highest BCUT2D eigenvalue weighted by Gasteiger charge is 2.60. The van der Waals surface area contributed by atoms with Crippen LogP contribution < -0.4 is 20.3 Å². The summed E-state index contributed by atoms with van der Waals surface area (Å²) in [5.41, 5.74) is 6.45. The zero-order valence-corrected chi connectivity index (χ0v) is 31.9. The molecule has 0 bridgehead atoms. The third-order valence-electron chi connectivity index (χ3n) is 12.0. The predicted octanol–water partition coefficient (Wildman–Crippen LogP) is 5.46. The third-order valence-corrected chi connectivity index (χ3v) is 13.5. The number of benzene rings is 1. The van der Waals surface area contributed by atoms with E-state index in [2.05, 4.69) is 10.0 Å². The average molecular weight is 761 g/mol. The fourth-order valence-electron chi connectivity index (χ4n) is 9.51. The van der Waals surface area contributed by atoms with Gasteiger partial charge < -0.3 is 20.2 Å². The monoisotopic (exact) mass is 760 g/mol. The fraction of sp³-hybridized carbons (Fsp3) is 0.684. The van der Waals surface area contributed by atoms with Crippen LogP contribution in [0.5, 0.6) is 0 Å². The lowest BCUT2D eigenvalue weighted by molar-refractivity contribution is -0.142. The summed E-state index contributed by atoms with van der Waals surface area (Å²) in [6.07, 6.45) is 8.57. The minimum atomic E-state index is -4.03. The summed E-state index contributed by atoms with van der Waals surface area (Å²) in [7, 11) is -4.03. The lowest BCUT2D eigenvalue weighted by Gasteiger charge is -2.42. The Hall–Kier alpha value is -3.56. The number of carbonyl (C=O) groups excluding carboxylic acids is 4. The number of ether oxygens (including phenoxy) is 1. The van der Waals surface area contributed by atoms with Crippen molar-refractivity contribution in [2.45, 2.75) is 116 Å². The summed E-state index contributed by atoms with van der Waals surface area (Å²) in [5, 5.41) is 3.17. The topological polar surface area (TPSA) is 178 Å². The van der Waals surface area contributed by atoms with Crippen LogP contribution in [-0.2, 0) is 24.5 Å². The molecule has 0 spiro atoms. The van der Waals surface area contributed by atoms with Crippen molar-refractivity contribution in [2.24, 2.45) is 29.4 Å². The lowest BCUT2D eigenvalue weighted by Crippen LogP contribution is -2.65. The Morgan fingerprint density at radius 2 is 1.66 bits per heavy atom. The zero-order valence-electron chi connectivity index (χ0n) is 31.1. The maximum atomic E-state index is 15.1. The molecule has 2 saturated carbocycles. The highest BCUT2D eigenvalue weighted by atomic mass is 32.2. The van der Waals surface area contributed by atoms with Gasteiger partial charge in [0.2, 0.25) is 0 Å². The molecule has 15 heteroatoms. The van der Waals surface area contributed by atoms with Crippen LogP contribution in [0, 0.1) is 23.7 Å². The number of nitrogens with two attached hydrogens (primary N) is 1. The smallest absolute Gasteiger partial charge is 0.407 e. The fourth-order valence-corrected chi connectivity index (χ4v) is 10.7. The molecular weight excluding hydrogens is 706 g/mol. The first-order chi connectivity index (χ1) is 25.1. The Labute approximate surface area is 311 Å². The Kier molecular flexibility index (Phi) is 11.6. The first kappa shape index (κ1) is 39.1. The molecule has 3 heterocycles. The van der Waals surface area contributed by atoms with Crippen LogP contribution in [0.25, 0.3) is 11.0 Å². The number of hydrogen-bond donors (Lipinski definition) is 3. The Morgan fingerprint density at radius 3 is 2.28 bits per heavy atom. The number of alkyl halides is 1. The SMILES string of the molecule is CC(C)(C)OC(=O)N[C@H](CF)[C@H]1CC[C@H](C(=O)[N+]2(c3ccc4oc(C(=O)NS(=O)(=O)N5CCCC5)cc4c3)CC[C@@H](C3CCCCC3)[C@H]2C(N)=O)CC1. The Bertz CT molecular complexity index is 1790. The van der Waals surface area contributed by atoms with Gasteiger partial charge in [0.05, 0.1) is 18.5 Å². The van der Waals surface area contributed by atoms with Crippen molar-refractivity contribution in [3.63, 3.8) is 0 Å². The molecule has 292 valence electrons. The molecule has 4 atom stereocenters. The number of likely N-dealkylation sites (tertiary alicyclic amines) is 1. The van der Waals surface area contributed by atoms with E-state index in [1.54, 1.807) is 39.0 Å². The second kappa shape index (κ2) is 15.7. The molecule has 2 aliphatic heterocycles. The van der Waals surface area contributed by atoms with Crippen molar-refractivity contribution in [2.75, 3.05) is 26.3 Å². The van der Waals surface area contributed by atoms with E-state index in [9.17, 15) is 27.2 Å². The van der Waals surface area contributed by atoms with E-state index < -0.39 is 58.4 Å². The summed E-state index contributed by atoms with van der Waals surface area (Å²) in [4.78, 5) is 54.3. The second-order valence-electron chi connectivity index (χ2n) is 16.5. The van der Waals surface area contributed by atoms with Gasteiger partial charge in [-0.05, 0) is 96.1 Å². The van der Waals surface area contributed by atoms with Crippen molar-refractivity contribution in [3.05, 3.63) is 30.0 Å². The van der Waals surface area contributed by atoms with Crippen molar-refractivity contribution >= 4 is 50.7 Å². The largest absolute Gasteiger partial charge is 0.451 e. The molecule has 2 saturated heterocycles. The maximum absolute atomic E-state index is 15.1. The van der Waals surface area contributed by atoms with Crippen LogP contribution in [0.2, 0.25) is 0 Å². The number of nitrogens with zero attached hydrogens (tertiary/aromatic N) is 2. The van der Waals surface area contributed by atoms with Gasteiger partial charge in [0.1, 0.15) is 23.5 Å². The van der Waals surface area contributed by atoms with Crippen LogP contribution in [0.3, 0.4) is 0 Å². The number of halogens is 1. The summed E-state index contributed by atoms with van der Waals surface area (Å²) < 4.78 is 54.1. The van der Waals surface area contributed by atoms with Gasteiger partial charge in [-0.25, -0.2) is 23.2 Å². The van der Waals surface area contributed by atoms with Crippen LogP contribution in [0.15, 0.2) is 28.7 Å². The van der Waals surface area contributed by atoms with Crippen LogP contribution in [-0.4, -0.2) is 80.5 Å². The number of alkyl carbamates (subject to hydrolysis) is 1. The zero-order chi connectivity index (χ0) is 38.1. The number of rotatable bonds is 10. The molecule has 2 aromatic rings. The van der Waals surface area contributed by atoms with Gasteiger partial charge in [-0.3, -0.25) is 9.59 Å². The van der Waals surface area contributed by atoms with E-state index in [0.717, 1.165) is 44.9 Å². The summed E-state index contributed by atoms with van der Waals surface area (Å²) in [5.74, 6) is -2.17. The number of quaternary nitrogens is 1. The van der Waals surface area contributed by atoms with Crippen molar-refractivity contribution in [1.29, 1.82) is 0 Å². The van der Waals surface area contributed by atoms with Gasteiger partial charge >= 0.3 is 28.1 Å². The molecule has 0 radical (unpaired) electrons. The normalized spacial score (nSPS) is 28.1. The van der Waals surface area contributed by atoms with Crippen LogP contribution >= 0.6 is 0 Å². The van der Waals surface area contributed by atoms with Crippen molar-refractivity contribution in [3.8, 4) is 0 Å². The predicted molar refractivity (Wildman–Crippen MR) is 197 cm³/mol. The van der Waals surface area contributed by atoms with Gasteiger partial charge in [-0.15, -0.1) is 0 Å². The molecule has 4 N–H and O–H groups in total. The van der Waals surface area contributed by atoms with Crippen molar-refractivity contribution < 1.29 is 41.1 Å². The summed E-state index contributed by atoms with van der Waals surface area (Å²) >= 11 is 0. The number of primary amides is 1. The van der Waals surface area contributed by atoms with Crippen molar-refractivity contribution in [1.82, 2.24) is 18.8 Å². The summed E-state index contributed by atoms with van der Waals surface area (Å²) in [6, 6.07) is 5.08. The highest BCUT2D eigenvalue weighted by molar-refractivity contribution is 7.87. The van der Waals surface area contributed by atoms with E-state index in [4.69, 9.17) is 14.9 Å². The van der Waals surface area contributed by atoms with E-state index >= 15 is 4.79 Å². The van der Waals surface area contributed by atoms with E-state index in [1.165, 1.54) is 10.4 Å². The summed E-state index contributed by atoms with van der Waals surface area (Å²) in [6.45, 7) is 5.52. The van der Waals surface area contributed by atoms with E-state index in [-0.39, 0.29) is 33.9 Å². The minimum Gasteiger partial charge on any atom is -0.451 e. The maximum Gasteiger partial charge on any atom is 0.407 e. The van der Waals surface area contributed by atoms with Gasteiger partial charge in [0, 0.05) is 42.9 Å². The number of furan rings is 1. The number of nitrogens with one attached hydrogen (secondary N) is 2. The molecule has 53 heavy (non-hydrogen) atoms. The minimum absolute atomic E-state index is 0.0841. The second-order valence-corrected chi connectivity index (χ2v) is 18.2. The highest BCUT2D eigenvalue weighted by Crippen LogP contribution is 2.48. The molecule has 4 amide bonds. The molecule has 1 aromatic carbocycles. The van der Waals surface area contributed by atoms with E-state index in [1.807, 2.05) is 0 Å². The molecule has 1 aromatic heterocycles. The number of fused-ring (bicyclic) bond motifs is 1. The third kappa shape index (κ3) is 8.26.